The first-order valence-corrected chi connectivity index (χ1v) is 5.47. The highest BCUT2D eigenvalue weighted by molar-refractivity contribution is 5.59. The van der Waals surface area contributed by atoms with Crippen molar-refractivity contribution < 1.29 is 13.2 Å². The molecule has 0 N–H and O–H groups in total. The molecule has 1 aromatic heterocycles. The zero-order chi connectivity index (χ0) is 13.3. The molecule has 0 aliphatic carbocycles. The highest BCUT2D eigenvalue weighted by Crippen LogP contribution is 2.31. The van der Waals surface area contributed by atoms with Crippen LogP contribution in [0, 0.1) is 0 Å². The van der Waals surface area contributed by atoms with Crippen molar-refractivity contribution in [1.29, 1.82) is 0 Å². The van der Waals surface area contributed by atoms with Gasteiger partial charge in [0.2, 0.25) is 0 Å². The Balaban J connectivity index is 2.38. The molecule has 0 saturated heterocycles. The van der Waals surface area contributed by atoms with Gasteiger partial charge in [-0.25, -0.2) is 4.68 Å². The number of benzene rings is 1. The topological polar surface area (TPSA) is 30.7 Å². The number of halogens is 3. The standard InChI is InChI=1S/C12H12F3N3/c1-8(2)18-11(7-16-17-18)9-3-5-10(6-4-9)12(13,14)15/h3-8H,1-2H3. The van der Waals surface area contributed by atoms with E-state index in [0.29, 0.717) is 11.3 Å². The lowest BCUT2D eigenvalue weighted by Crippen LogP contribution is -2.06. The minimum atomic E-state index is -4.31. The van der Waals surface area contributed by atoms with E-state index >= 15 is 0 Å². The third-order valence-electron chi connectivity index (χ3n) is 2.57. The third kappa shape index (κ3) is 2.37. The van der Waals surface area contributed by atoms with Gasteiger partial charge in [-0.2, -0.15) is 13.2 Å². The Morgan fingerprint density at radius 2 is 1.72 bits per heavy atom. The average molecular weight is 255 g/mol. The first-order chi connectivity index (χ1) is 8.39. The van der Waals surface area contributed by atoms with Gasteiger partial charge in [0.05, 0.1) is 17.5 Å². The molecule has 96 valence electrons. The summed E-state index contributed by atoms with van der Waals surface area (Å²) >= 11 is 0. The lowest BCUT2D eigenvalue weighted by molar-refractivity contribution is -0.137. The van der Waals surface area contributed by atoms with Crippen LogP contribution in [0.4, 0.5) is 13.2 Å². The van der Waals surface area contributed by atoms with Gasteiger partial charge in [-0.15, -0.1) is 5.10 Å². The third-order valence-corrected chi connectivity index (χ3v) is 2.57. The van der Waals surface area contributed by atoms with Crippen molar-refractivity contribution in [3.8, 4) is 11.3 Å². The van der Waals surface area contributed by atoms with E-state index in [-0.39, 0.29) is 6.04 Å². The predicted molar refractivity (Wildman–Crippen MR) is 60.8 cm³/mol. The zero-order valence-electron chi connectivity index (χ0n) is 9.94. The summed E-state index contributed by atoms with van der Waals surface area (Å²) in [6.07, 6.45) is -2.77. The summed E-state index contributed by atoms with van der Waals surface area (Å²) in [5.41, 5.74) is 0.718. The highest BCUT2D eigenvalue weighted by atomic mass is 19.4. The van der Waals surface area contributed by atoms with E-state index in [0.717, 1.165) is 12.1 Å². The van der Waals surface area contributed by atoms with E-state index in [1.807, 2.05) is 13.8 Å². The fraction of sp³-hybridized carbons (Fsp3) is 0.333. The van der Waals surface area contributed by atoms with E-state index in [2.05, 4.69) is 10.3 Å². The summed E-state index contributed by atoms with van der Waals surface area (Å²) in [5, 5.41) is 7.69. The maximum absolute atomic E-state index is 12.4. The highest BCUT2D eigenvalue weighted by Gasteiger charge is 2.30. The Kier molecular flexibility index (Phi) is 3.11. The van der Waals surface area contributed by atoms with Crippen molar-refractivity contribution >= 4 is 0 Å². The van der Waals surface area contributed by atoms with Gasteiger partial charge < -0.3 is 0 Å². The molecule has 0 saturated carbocycles. The maximum Gasteiger partial charge on any atom is 0.416 e. The monoisotopic (exact) mass is 255 g/mol. The summed E-state index contributed by atoms with van der Waals surface area (Å²) < 4.78 is 39.0. The van der Waals surface area contributed by atoms with Gasteiger partial charge in [0.15, 0.2) is 0 Å². The number of rotatable bonds is 2. The van der Waals surface area contributed by atoms with Gasteiger partial charge in [-0.1, -0.05) is 17.3 Å². The number of hydrogen-bond donors (Lipinski definition) is 0. The Morgan fingerprint density at radius 1 is 1.11 bits per heavy atom. The van der Waals surface area contributed by atoms with Gasteiger partial charge in [0, 0.05) is 11.6 Å². The normalized spacial score (nSPS) is 12.1. The number of hydrogen-bond acceptors (Lipinski definition) is 2. The molecule has 0 bridgehead atoms. The van der Waals surface area contributed by atoms with Gasteiger partial charge in [-0.3, -0.25) is 0 Å². The largest absolute Gasteiger partial charge is 0.416 e. The summed E-state index contributed by atoms with van der Waals surface area (Å²) in [6, 6.07) is 5.09. The average Bonchev–Trinajstić information content (AvgIpc) is 2.77. The first kappa shape index (κ1) is 12.6. The van der Waals surface area contributed by atoms with Crippen molar-refractivity contribution in [2.45, 2.75) is 26.1 Å². The van der Waals surface area contributed by atoms with Crippen LogP contribution < -0.4 is 0 Å². The van der Waals surface area contributed by atoms with Crippen LogP contribution in [0.3, 0.4) is 0 Å². The molecule has 0 aliphatic rings. The molecular formula is C12H12F3N3. The predicted octanol–water partition coefficient (Wildman–Crippen LogP) is 3.54. The molecule has 0 radical (unpaired) electrons. The zero-order valence-corrected chi connectivity index (χ0v) is 9.94. The fourth-order valence-corrected chi connectivity index (χ4v) is 1.66. The Bertz CT molecular complexity index is 526. The molecule has 0 spiro atoms. The molecule has 3 nitrogen and oxygen atoms in total. The summed E-state index contributed by atoms with van der Waals surface area (Å²) in [6.45, 7) is 3.87. The molecule has 1 aromatic carbocycles. The van der Waals surface area contributed by atoms with Crippen LogP contribution in [0.25, 0.3) is 11.3 Å². The van der Waals surface area contributed by atoms with Crippen LogP contribution in [-0.4, -0.2) is 15.0 Å². The van der Waals surface area contributed by atoms with Crippen LogP contribution in [0.15, 0.2) is 30.5 Å². The SMILES string of the molecule is CC(C)n1nncc1-c1ccc(C(F)(F)F)cc1. The first-order valence-electron chi connectivity index (χ1n) is 5.47. The summed E-state index contributed by atoms with van der Waals surface area (Å²) in [5.74, 6) is 0. The molecule has 0 unspecified atom stereocenters. The maximum atomic E-state index is 12.4. The number of aromatic nitrogens is 3. The van der Waals surface area contributed by atoms with Crippen LogP contribution in [0.1, 0.15) is 25.5 Å². The summed E-state index contributed by atoms with van der Waals surface area (Å²) in [4.78, 5) is 0. The van der Waals surface area contributed by atoms with Crippen molar-refractivity contribution in [3.63, 3.8) is 0 Å². The molecular weight excluding hydrogens is 243 g/mol. The van der Waals surface area contributed by atoms with Crippen LogP contribution in [-0.2, 0) is 6.18 Å². The minimum Gasteiger partial charge on any atom is -0.242 e. The lowest BCUT2D eigenvalue weighted by atomic mass is 10.1. The molecule has 2 aromatic rings. The second kappa shape index (κ2) is 4.44. The molecule has 18 heavy (non-hydrogen) atoms. The second-order valence-electron chi connectivity index (χ2n) is 4.23. The van der Waals surface area contributed by atoms with Gasteiger partial charge in [-0.05, 0) is 26.0 Å². The Morgan fingerprint density at radius 3 is 2.22 bits per heavy atom. The molecule has 1 heterocycles. The van der Waals surface area contributed by atoms with E-state index in [1.54, 1.807) is 10.9 Å². The smallest absolute Gasteiger partial charge is 0.242 e. The van der Waals surface area contributed by atoms with Crippen molar-refractivity contribution in [3.05, 3.63) is 36.0 Å². The van der Waals surface area contributed by atoms with Crippen molar-refractivity contribution in [2.75, 3.05) is 0 Å². The van der Waals surface area contributed by atoms with E-state index < -0.39 is 11.7 Å². The number of nitrogens with zero attached hydrogens (tertiary/aromatic N) is 3. The molecule has 0 fully saturated rings. The Hall–Kier alpha value is -1.85. The van der Waals surface area contributed by atoms with Crippen LogP contribution in [0.2, 0.25) is 0 Å². The van der Waals surface area contributed by atoms with Gasteiger partial charge in [0.25, 0.3) is 0 Å². The molecule has 0 aliphatic heterocycles. The van der Waals surface area contributed by atoms with E-state index in [1.165, 1.54) is 12.1 Å². The van der Waals surface area contributed by atoms with E-state index in [9.17, 15) is 13.2 Å². The molecule has 2 rings (SSSR count). The molecule has 0 amide bonds. The second-order valence-corrected chi connectivity index (χ2v) is 4.23. The minimum absolute atomic E-state index is 0.102. The van der Waals surface area contributed by atoms with E-state index in [4.69, 9.17) is 0 Å². The van der Waals surface area contributed by atoms with Crippen molar-refractivity contribution in [2.24, 2.45) is 0 Å². The molecule has 0 atom stereocenters. The lowest BCUT2D eigenvalue weighted by Gasteiger charge is -2.10. The molecule has 6 heteroatoms. The van der Waals surface area contributed by atoms with Crippen LogP contribution in [0.5, 0.6) is 0 Å². The number of alkyl halides is 3. The van der Waals surface area contributed by atoms with Gasteiger partial charge in [0.1, 0.15) is 0 Å². The van der Waals surface area contributed by atoms with Crippen LogP contribution >= 0.6 is 0 Å². The van der Waals surface area contributed by atoms with Crippen molar-refractivity contribution in [1.82, 2.24) is 15.0 Å². The quantitative estimate of drug-likeness (QED) is 0.821. The van der Waals surface area contributed by atoms with Gasteiger partial charge >= 0.3 is 6.18 Å². The summed E-state index contributed by atoms with van der Waals surface area (Å²) in [7, 11) is 0. The fourth-order valence-electron chi connectivity index (χ4n) is 1.66. The Labute approximate surface area is 102 Å².